The fourth-order valence-corrected chi connectivity index (χ4v) is 4.48. The van der Waals surface area contributed by atoms with Crippen molar-refractivity contribution in [2.75, 3.05) is 5.32 Å². The third-order valence-electron chi connectivity index (χ3n) is 4.86. The van der Waals surface area contributed by atoms with Gasteiger partial charge in [-0.2, -0.15) is 0 Å². The van der Waals surface area contributed by atoms with E-state index in [4.69, 9.17) is 5.73 Å². The number of nitrogens with two attached hydrogens (primary N) is 1. The maximum atomic E-state index is 14.5. The van der Waals surface area contributed by atoms with Gasteiger partial charge in [-0.25, -0.2) is 9.37 Å². The lowest BCUT2D eigenvalue weighted by atomic mass is 9.99. The third-order valence-corrected chi connectivity index (χ3v) is 5.96. The molecule has 0 saturated heterocycles. The van der Waals surface area contributed by atoms with Crippen molar-refractivity contribution in [1.29, 1.82) is 0 Å². The van der Waals surface area contributed by atoms with E-state index in [-0.39, 0.29) is 10.8 Å². The van der Waals surface area contributed by atoms with E-state index in [9.17, 15) is 14.0 Å². The second-order valence-electron chi connectivity index (χ2n) is 7.05. The molecule has 7 heteroatoms. The van der Waals surface area contributed by atoms with Crippen LogP contribution in [0.3, 0.4) is 0 Å². The minimum absolute atomic E-state index is 0.207. The molecule has 3 N–H and O–H groups in total. The number of thiophene rings is 1. The van der Waals surface area contributed by atoms with E-state index in [1.165, 1.54) is 6.07 Å². The van der Waals surface area contributed by atoms with Crippen LogP contribution in [0.15, 0.2) is 60.7 Å². The molecule has 4 rings (SSSR count). The Morgan fingerprint density at radius 2 is 1.77 bits per heavy atom. The molecule has 5 nitrogen and oxygen atoms in total. The Balaban J connectivity index is 2.04. The molecule has 0 unspecified atom stereocenters. The molecule has 0 fully saturated rings. The minimum atomic E-state index is -0.652. The van der Waals surface area contributed by atoms with Gasteiger partial charge in [-0.1, -0.05) is 49.4 Å². The van der Waals surface area contributed by atoms with E-state index in [1.54, 1.807) is 24.3 Å². The maximum Gasteiger partial charge on any atom is 0.261 e. The molecule has 156 valence electrons. The predicted octanol–water partition coefficient (Wildman–Crippen LogP) is 5.61. The molecule has 0 radical (unpaired) electrons. The van der Waals surface area contributed by atoms with Crippen LogP contribution in [0.4, 0.5) is 10.1 Å². The number of carbonyl (C=O) groups excluding carboxylic acids is 2. The van der Waals surface area contributed by atoms with Gasteiger partial charge in [0.2, 0.25) is 5.91 Å². The van der Waals surface area contributed by atoms with Crippen molar-refractivity contribution in [2.45, 2.75) is 19.8 Å². The highest BCUT2D eigenvalue weighted by atomic mass is 32.1. The summed E-state index contributed by atoms with van der Waals surface area (Å²) in [6.07, 6.45) is 0.984. The summed E-state index contributed by atoms with van der Waals surface area (Å²) < 4.78 is 14.5. The Bertz CT molecular complexity index is 1280. The Kier molecular flexibility index (Phi) is 5.77. The summed E-state index contributed by atoms with van der Waals surface area (Å²) in [5.41, 5.74) is 8.36. The van der Waals surface area contributed by atoms with Crippen molar-refractivity contribution < 1.29 is 14.0 Å². The van der Waals surface area contributed by atoms with Crippen LogP contribution < -0.4 is 11.1 Å². The molecule has 0 aliphatic carbocycles. The predicted molar refractivity (Wildman–Crippen MR) is 123 cm³/mol. The van der Waals surface area contributed by atoms with Gasteiger partial charge in [0.15, 0.2) is 0 Å². The number of benzene rings is 2. The van der Waals surface area contributed by atoms with Crippen molar-refractivity contribution >= 4 is 39.1 Å². The number of hydrogen-bond donors (Lipinski definition) is 2. The zero-order valence-electron chi connectivity index (χ0n) is 16.8. The number of primary amides is 1. The van der Waals surface area contributed by atoms with Gasteiger partial charge in [-0.05, 0) is 35.7 Å². The largest absolute Gasteiger partial charge is 0.365 e. The summed E-state index contributed by atoms with van der Waals surface area (Å²) in [6.45, 7) is 1.90. The van der Waals surface area contributed by atoms with Crippen LogP contribution in [0.5, 0.6) is 0 Å². The lowest BCUT2D eigenvalue weighted by Crippen LogP contribution is -2.16. The molecule has 0 aliphatic rings. The van der Waals surface area contributed by atoms with Crippen LogP contribution in [-0.4, -0.2) is 16.8 Å². The Morgan fingerprint density at radius 1 is 1.06 bits per heavy atom. The average Bonchev–Trinajstić information content (AvgIpc) is 3.13. The zero-order chi connectivity index (χ0) is 22.0. The van der Waals surface area contributed by atoms with Crippen LogP contribution in [0.25, 0.3) is 32.6 Å². The molecular weight excluding hydrogens is 413 g/mol. The Hall–Kier alpha value is -3.58. The van der Waals surface area contributed by atoms with Gasteiger partial charge >= 0.3 is 0 Å². The molecule has 2 aromatic carbocycles. The molecule has 0 bridgehead atoms. The number of fused-ring (bicyclic) bond motifs is 1. The highest BCUT2D eigenvalue weighted by molar-refractivity contribution is 7.21. The van der Waals surface area contributed by atoms with Gasteiger partial charge in [0.1, 0.15) is 15.5 Å². The molecule has 2 amide bonds. The van der Waals surface area contributed by atoms with Gasteiger partial charge in [-0.3, -0.25) is 9.59 Å². The third kappa shape index (κ3) is 4.04. The summed E-state index contributed by atoms with van der Waals surface area (Å²) in [6, 6.07) is 17.7. The van der Waals surface area contributed by atoms with Gasteiger partial charge in [0, 0.05) is 17.4 Å². The number of amides is 2. The number of aromatic nitrogens is 1. The topological polar surface area (TPSA) is 85.1 Å². The number of anilines is 1. The van der Waals surface area contributed by atoms with E-state index >= 15 is 0 Å². The van der Waals surface area contributed by atoms with E-state index in [0.29, 0.717) is 40.0 Å². The fourth-order valence-electron chi connectivity index (χ4n) is 3.47. The number of nitrogens with zero attached hydrogens (tertiary/aromatic N) is 1. The first kappa shape index (κ1) is 20.7. The molecule has 31 heavy (non-hydrogen) atoms. The summed E-state index contributed by atoms with van der Waals surface area (Å²) >= 11 is 1.09. The molecule has 2 aromatic heterocycles. The molecule has 0 spiro atoms. The number of pyridine rings is 1. The minimum Gasteiger partial charge on any atom is -0.365 e. The number of hydrogen-bond acceptors (Lipinski definition) is 4. The highest BCUT2D eigenvalue weighted by Gasteiger charge is 2.23. The van der Waals surface area contributed by atoms with Gasteiger partial charge < -0.3 is 11.1 Å². The van der Waals surface area contributed by atoms with Gasteiger partial charge in [-0.15, -0.1) is 11.3 Å². The van der Waals surface area contributed by atoms with Crippen molar-refractivity contribution in [3.63, 3.8) is 0 Å². The van der Waals surface area contributed by atoms with E-state index < -0.39 is 11.7 Å². The van der Waals surface area contributed by atoms with Crippen LogP contribution >= 0.6 is 11.3 Å². The number of halogens is 1. The fraction of sp³-hybridized carbons (Fsp3) is 0.125. The smallest absolute Gasteiger partial charge is 0.261 e. The SMILES string of the molecule is CCCC(=O)Nc1c(C(N)=O)sc2nc(-c3ccccc3F)cc(-c3ccccc3)c12. The zero-order valence-corrected chi connectivity index (χ0v) is 17.6. The second-order valence-corrected chi connectivity index (χ2v) is 8.05. The first-order valence-electron chi connectivity index (χ1n) is 9.87. The van der Waals surface area contributed by atoms with E-state index in [0.717, 1.165) is 22.5 Å². The monoisotopic (exact) mass is 433 g/mol. The Morgan fingerprint density at radius 3 is 2.45 bits per heavy atom. The lowest BCUT2D eigenvalue weighted by molar-refractivity contribution is -0.116. The van der Waals surface area contributed by atoms with Gasteiger partial charge in [0.05, 0.1) is 11.4 Å². The van der Waals surface area contributed by atoms with Crippen LogP contribution in [0.1, 0.15) is 29.4 Å². The average molecular weight is 434 g/mol. The van der Waals surface area contributed by atoms with Crippen molar-refractivity contribution in [2.24, 2.45) is 5.73 Å². The number of carbonyl (C=O) groups is 2. The summed E-state index contributed by atoms with van der Waals surface area (Å²) in [5, 5.41) is 3.47. The van der Waals surface area contributed by atoms with Crippen LogP contribution in [0.2, 0.25) is 0 Å². The summed E-state index contributed by atoms with van der Waals surface area (Å²) in [5.74, 6) is -1.25. The lowest BCUT2D eigenvalue weighted by Gasteiger charge is -2.11. The first-order chi connectivity index (χ1) is 15.0. The number of rotatable bonds is 6. The van der Waals surface area contributed by atoms with Crippen molar-refractivity contribution in [3.05, 3.63) is 71.4 Å². The molecule has 0 atom stereocenters. The van der Waals surface area contributed by atoms with Crippen LogP contribution in [0, 0.1) is 5.82 Å². The molecule has 0 saturated carbocycles. The van der Waals surface area contributed by atoms with Gasteiger partial charge in [0.25, 0.3) is 5.91 Å². The maximum absolute atomic E-state index is 14.5. The Labute approximate surface area is 182 Å². The standard InChI is InChI=1S/C24H20FN3O2S/c1-2-8-19(29)28-21-20-16(14-9-4-3-5-10-14)13-18(15-11-6-7-12-17(15)25)27-24(20)31-22(21)23(26)30/h3-7,9-13H,2,8H2,1H3,(H2,26,30)(H,28,29). The normalized spacial score (nSPS) is 10.9. The number of nitrogens with one attached hydrogen (secondary N) is 1. The quantitative estimate of drug-likeness (QED) is 0.415. The molecule has 4 aromatic rings. The van der Waals surface area contributed by atoms with E-state index in [2.05, 4.69) is 10.3 Å². The van der Waals surface area contributed by atoms with E-state index in [1.807, 2.05) is 37.3 Å². The summed E-state index contributed by atoms with van der Waals surface area (Å²) in [4.78, 5) is 29.9. The molecular formula is C24H20FN3O2S. The molecule has 0 aliphatic heterocycles. The van der Waals surface area contributed by atoms with Crippen molar-refractivity contribution in [1.82, 2.24) is 4.98 Å². The summed E-state index contributed by atoms with van der Waals surface area (Å²) in [7, 11) is 0. The van der Waals surface area contributed by atoms with Crippen molar-refractivity contribution in [3.8, 4) is 22.4 Å². The molecule has 2 heterocycles. The second kappa shape index (κ2) is 8.65. The van der Waals surface area contributed by atoms with Crippen LogP contribution in [-0.2, 0) is 4.79 Å². The highest BCUT2D eigenvalue weighted by Crippen LogP contribution is 2.43. The first-order valence-corrected chi connectivity index (χ1v) is 10.7.